The minimum Gasteiger partial charge on any atom is -0.489 e. The van der Waals surface area contributed by atoms with Crippen LogP contribution in [0, 0.1) is 0 Å². The molecule has 1 fully saturated rings. The van der Waals surface area contributed by atoms with Crippen molar-refractivity contribution in [1.82, 2.24) is 19.6 Å². The van der Waals surface area contributed by atoms with Crippen LogP contribution in [0.15, 0.2) is 74.8 Å². The van der Waals surface area contributed by atoms with Crippen molar-refractivity contribution in [3.8, 4) is 5.75 Å². The molecule has 3 aromatic carbocycles. The summed E-state index contributed by atoms with van der Waals surface area (Å²) in [6.45, 7) is 1.14. The van der Waals surface area contributed by atoms with Crippen LogP contribution in [-0.4, -0.2) is 66.2 Å². The molecule has 0 saturated carbocycles. The Balaban J connectivity index is 1.03. The molecule has 2 aromatic heterocycles. The fourth-order valence-corrected chi connectivity index (χ4v) is 6.51. The summed E-state index contributed by atoms with van der Waals surface area (Å²) in [7, 11) is -3.64. The van der Waals surface area contributed by atoms with Crippen molar-refractivity contribution in [2.45, 2.75) is 29.9 Å². The highest BCUT2D eigenvalue weighted by Crippen LogP contribution is 2.31. The molecule has 0 amide bonds. The molecule has 198 valence electrons. The minimum absolute atomic E-state index is 0.0533. The first-order valence-corrected chi connectivity index (χ1v) is 14.0. The third-order valence-corrected chi connectivity index (χ3v) is 8.92. The SMILES string of the molecule is O=c1[nH]c2cccc(OC[C@H](O)CNC3CCN(S(=O)(=O)c4ccc5oc6ccccc6c5c4)CC3)c2[nH]1. The number of fused-ring (bicyclic) bond motifs is 4. The van der Waals surface area contributed by atoms with Crippen LogP contribution < -0.4 is 15.7 Å². The van der Waals surface area contributed by atoms with Crippen molar-refractivity contribution in [3.05, 3.63) is 71.1 Å². The summed E-state index contributed by atoms with van der Waals surface area (Å²) in [6, 6.07) is 18.0. The molecule has 4 N–H and O–H groups in total. The Morgan fingerprint density at radius 2 is 1.82 bits per heavy atom. The second-order valence-corrected chi connectivity index (χ2v) is 11.5. The van der Waals surface area contributed by atoms with Gasteiger partial charge in [0.2, 0.25) is 10.0 Å². The molecule has 0 spiro atoms. The van der Waals surface area contributed by atoms with Gasteiger partial charge in [-0.2, -0.15) is 4.31 Å². The molecule has 10 nitrogen and oxygen atoms in total. The molecule has 0 radical (unpaired) electrons. The lowest BCUT2D eigenvalue weighted by Crippen LogP contribution is -2.47. The van der Waals surface area contributed by atoms with E-state index in [2.05, 4.69) is 15.3 Å². The van der Waals surface area contributed by atoms with Crippen LogP contribution in [0.5, 0.6) is 5.75 Å². The number of piperidine rings is 1. The van der Waals surface area contributed by atoms with E-state index < -0.39 is 16.1 Å². The summed E-state index contributed by atoms with van der Waals surface area (Å²) in [4.78, 5) is 17.2. The van der Waals surface area contributed by atoms with E-state index in [1.54, 1.807) is 36.4 Å². The molecule has 1 aliphatic heterocycles. The number of ether oxygens (including phenoxy) is 1. The van der Waals surface area contributed by atoms with Crippen LogP contribution in [0.1, 0.15) is 12.8 Å². The van der Waals surface area contributed by atoms with Crippen molar-refractivity contribution in [1.29, 1.82) is 0 Å². The van der Waals surface area contributed by atoms with E-state index in [4.69, 9.17) is 9.15 Å². The normalized spacial score (nSPS) is 16.4. The molecular weight excluding hydrogens is 508 g/mol. The predicted molar refractivity (Wildman–Crippen MR) is 144 cm³/mol. The topological polar surface area (TPSA) is 141 Å². The molecule has 11 heteroatoms. The predicted octanol–water partition coefficient (Wildman–Crippen LogP) is 2.94. The van der Waals surface area contributed by atoms with E-state index in [-0.39, 0.29) is 23.2 Å². The average molecular weight is 537 g/mol. The zero-order valence-corrected chi connectivity index (χ0v) is 21.3. The van der Waals surface area contributed by atoms with Gasteiger partial charge in [-0.05, 0) is 49.2 Å². The number of rotatable bonds is 8. The Hall–Kier alpha value is -3.64. The number of aliphatic hydroxyl groups is 1. The fraction of sp³-hybridized carbons (Fsp3) is 0.296. The molecule has 1 atom stereocenters. The Bertz CT molecular complexity index is 1760. The highest BCUT2D eigenvalue weighted by Gasteiger charge is 2.30. The maximum absolute atomic E-state index is 13.4. The summed E-state index contributed by atoms with van der Waals surface area (Å²) in [5.74, 6) is 0.486. The van der Waals surface area contributed by atoms with Crippen LogP contribution in [0.3, 0.4) is 0 Å². The lowest BCUT2D eigenvalue weighted by molar-refractivity contribution is 0.101. The molecule has 5 aromatic rings. The quantitative estimate of drug-likeness (QED) is 0.239. The van der Waals surface area contributed by atoms with Gasteiger partial charge in [-0.1, -0.05) is 24.3 Å². The first-order valence-electron chi connectivity index (χ1n) is 12.6. The molecular formula is C27H28N4O6S. The van der Waals surface area contributed by atoms with Crippen molar-refractivity contribution in [2.24, 2.45) is 0 Å². The first-order chi connectivity index (χ1) is 18.4. The van der Waals surface area contributed by atoms with Gasteiger partial charge in [0, 0.05) is 36.4 Å². The Kier molecular flexibility index (Phi) is 6.44. The van der Waals surface area contributed by atoms with Gasteiger partial charge in [0.25, 0.3) is 0 Å². The minimum atomic E-state index is -3.64. The van der Waals surface area contributed by atoms with Gasteiger partial charge in [-0.15, -0.1) is 0 Å². The molecule has 6 rings (SSSR count). The summed E-state index contributed by atoms with van der Waals surface area (Å²) >= 11 is 0. The van der Waals surface area contributed by atoms with Crippen LogP contribution in [0.2, 0.25) is 0 Å². The van der Waals surface area contributed by atoms with Crippen LogP contribution in [0.4, 0.5) is 0 Å². The highest BCUT2D eigenvalue weighted by molar-refractivity contribution is 7.89. The summed E-state index contributed by atoms with van der Waals surface area (Å²) in [6.07, 6.45) is 0.496. The van der Waals surface area contributed by atoms with Gasteiger partial charge in [-0.25, -0.2) is 13.2 Å². The summed E-state index contributed by atoms with van der Waals surface area (Å²) < 4.78 is 39.8. The van der Waals surface area contributed by atoms with Crippen molar-refractivity contribution >= 4 is 43.0 Å². The third kappa shape index (κ3) is 4.69. The van der Waals surface area contributed by atoms with Crippen molar-refractivity contribution in [3.63, 3.8) is 0 Å². The fourth-order valence-electron chi connectivity index (χ4n) is 5.01. The standard InChI is InChI=1S/C27H28N4O6S/c32-18(16-36-25-7-3-5-22-26(25)30-27(33)29-22)15-28-17-10-12-31(13-11-17)38(34,35)19-8-9-24-21(14-19)20-4-1-2-6-23(20)37-24/h1-9,14,17-18,28,32H,10-13,15-16H2,(H2,29,30,33)/t18-/m1/s1. The van der Waals surface area contributed by atoms with Crippen LogP contribution >= 0.6 is 0 Å². The Labute approximate surface area is 218 Å². The molecule has 0 bridgehead atoms. The van der Waals surface area contributed by atoms with Gasteiger partial charge >= 0.3 is 5.69 Å². The number of hydrogen-bond acceptors (Lipinski definition) is 7. The van der Waals surface area contributed by atoms with Gasteiger partial charge in [0.1, 0.15) is 35.1 Å². The zero-order chi connectivity index (χ0) is 26.3. The maximum atomic E-state index is 13.4. The van der Waals surface area contributed by atoms with Crippen LogP contribution in [-0.2, 0) is 10.0 Å². The highest BCUT2D eigenvalue weighted by atomic mass is 32.2. The van der Waals surface area contributed by atoms with Gasteiger partial charge in [-0.3, -0.25) is 0 Å². The number of para-hydroxylation sites is 2. The molecule has 3 heterocycles. The smallest absolute Gasteiger partial charge is 0.323 e. The number of nitrogens with zero attached hydrogens (tertiary/aromatic N) is 1. The number of nitrogens with one attached hydrogen (secondary N) is 3. The number of furan rings is 1. The number of aliphatic hydroxyl groups excluding tert-OH is 1. The van der Waals surface area contributed by atoms with Gasteiger partial charge in [0.05, 0.1) is 10.4 Å². The van der Waals surface area contributed by atoms with E-state index in [0.29, 0.717) is 54.8 Å². The van der Waals surface area contributed by atoms with E-state index in [1.165, 1.54) is 4.31 Å². The molecule has 0 aliphatic carbocycles. The molecule has 1 aliphatic rings. The van der Waals surface area contributed by atoms with E-state index in [1.807, 2.05) is 24.3 Å². The Morgan fingerprint density at radius 1 is 1.03 bits per heavy atom. The second kappa shape index (κ2) is 9.91. The van der Waals surface area contributed by atoms with E-state index in [9.17, 15) is 18.3 Å². The van der Waals surface area contributed by atoms with E-state index >= 15 is 0 Å². The van der Waals surface area contributed by atoms with E-state index in [0.717, 1.165) is 16.4 Å². The average Bonchev–Trinajstić information content (AvgIpc) is 3.50. The second-order valence-electron chi connectivity index (χ2n) is 9.57. The monoisotopic (exact) mass is 536 g/mol. The lowest BCUT2D eigenvalue weighted by Gasteiger charge is -2.32. The molecule has 1 saturated heterocycles. The number of benzene rings is 3. The number of sulfonamides is 1. The summed E-state index contributed by atoms with van der Waals surface area (Å²) in [5.41, 5.74) is 2.27. The molecule has 38 heavy (non-hydrogen) atoms. The van der Waals surface area contributed by atoms with Crippen molar-refractivity contribution < 1.29 is 22.7 Å². The third-order valence-electron chi connectivity index (χ3n) is 7.03. The number of imidazole rings is 1. The number of aromatic nitrogens is 2. The Morgan fingerprint density at radius 3 is 2.66 bits per heavy atom. The van der Waals surface area contributed by atoms with Crippen LogP contribution in [0.25, 0.3) is 33.0 Å². The van der Waals surface area contributed by atoms with Gasteiger partial charge in [0.15, 0.2) is 0 Å². The maximum Gasteiger partial charge on any atom is 0.323 e. The van der Waals surface area contributed by atoms with Gasteiger partial charge < -0.3 is 29.5 Å². The number of H-pyrrole nitrogens is 2. The summed E-state index contributed by atoms with van der Waals surface area (Å²) in [5, 5.41) is 15.4. The first kappa shape index (κ1) is 24.7. The number of aromatic amines is 2. The molecule has 0 unspecified atom stereocenters. The zero-order valence-electron chi connectivity index (χ0n) is 20.5. The largest absolute Gasteiger partial charge is 0.489 e. The lowest BCUT2D eigenvalue weighted by atomic mass is 10.1. The number of hydrogen-bond donors (Lipinski definition) is 4. The van der Waals surface area contributed by atoms with Crippen molar-refractivity contribution in [2.75, 3.05) is 26.2 Å².